The zero-order valence-corrected chi connectivity index (χ0v) is 8.93. The van der Waals surface area contributed by atoms with E-state index in [9.17, 15) is 0 Å². The van der Waals surface area contributed by atoms with E-state index in [1.807, 2.05) is 0 Å². The van der Waals surface area contributed by atoms with E-state index in [-0.39, 0.29) is 0 Å². The summed E-state index contributed by atoms with van der Waals surface area (Å²) in [5.74, 6) is 1.60. The molecule has 16 heavy (non-hydrogen) atoms. The van der Waals surface area contributed by atoms with Crippen LogP contribution in [0.1, 0.15) is 30.8 Å². The van der Waals surface area contributed by atoms with E-state index in [2.05, 4.69) is 15.1 Å². The average molecular weight is 220 g/mol. The van der Waals surface area contributed by atoms with Gasteiger partial charge in [0.15, 0.2) is 17.9 Å². The van der Waals surface area contributed by atoms with Crippen LogP contribution in [-0.4, -0.2) is 15.1 Å². The highest BCUT2D eigenvalue weighted by atomic mass is 16.5. The molecule has 6 heteroatoms. The third-order valence-electron chi connectivity index (χ3n) is 3.06. The highest BCUT2D eigenvalue weighted by molar-refractivity contribution is 5.48. The number of aromatic nitrogens is 3. The molecule has 2 aromatic heterocycles. The molecule has 0 aliphatic heterocycles. The molecule has 6 nitrogen and oxygen atoms in total. The molecule has 1 aliphatic rings. The fraction of sp³-hybridized carbons (Fsp3) is 0.500. The quantitative estimate of drug-likeness (QED) is 0.821. The molecule has 0 atom stereocenters. The van der Waals surface area contributed by atoms with E-state index in [0.29, 0.717) is 23.2 Å². The second-order valence-electron chi connectivity index (χ2n) is 4.19. The lowest BCUT2D eigenvalue weighted by Crippen LogP contribution is -2.44. The summed E-state index contributed by atoms with van der Waals surface area (Å²) < 4.78 is 10.2. The van der Waals surface area contributed by atoms with Crippen molar-refractivity contribution in [3.05, 3.63) is 18.0 Å². The number of oxazole rings is 1. The van der Waals surface area contributed by atoms with Crippen molar-refractivity contribution < 1.29 is 8.94 Å². The summed E-state index contributed by atoms with van der Waals surface area (Å²) in [7, 11) is 0. The van der Waals surface area contributed by atoms with Crippen LogP contribution in [0.4, 0.5) is 0 Å². The first-order valence-corrected chi connectivity index (χ1v) is 5.22. The summed E-state index contributed by atoms with van der Waals surface area (Å²) in [6.45, 7) is 1.80. The monoisotopic (exact) mass is 220 g/mol. The average Bonchev–Trinajstić information content (AvgIpc) is 2.82. The van der Waals surface area contributed by atoms with Crippen LogP contribution < -0.4 is 5.73 Å². The van der Waals surface area contributed by atoms with Crippen molar-refractivity contribution in [1.82, 2.24) is 15.1 Å². The van der Waals surface area contributed by atoms with Crippen LogP contribution in [0.5, 0.6) is 0 Å². The molecule has 0 saturated heterocycles. The molecule has 2 heterocycles. The lowest BCUT2D eigenvalue weighted by molar-refractivity contribution is 0.229. The minimum Gasteiger partial charge on any atom is -0.448 e. The Balaban J connectivity index is 1.97. The Hall–Kier alpha value is -1.69. The molecule has 0 unspecified atom stereocenters. The fourth-order valence-electron chi connectivity index (χ4n) is 1.81. The first kappa shape index (κ1) is 9.53. The number of rotatable bonds is 2. The summed E-state index contributed by atoms with van der Waals surface area (Å²) in [4.78, 5) is 8.30. The van der Waals surface area contributed by atoms with Crippen LogP contribution in [-0.2, 0) is 5.54 Å². The van der Waals surface area contributed by atoms with Gasteiger partial charge in [0, 0.05) is 0 Å². The minimum absolute atomic E-state index is 0.373. The predicted octanol–water partition coefficient (Wildman–Crippen LogP) is 1.37. The van der Waals surface area contributed by atoms with Crippen molar-refractivity contribution in [2.45, 2.75) is 31.7 Å². The lowest BCUT2D eigenvalue weighted by Gasteiger charge is -2.34. The van der Waals surface area contributed by atoms with Gasteiger partial charge >= 0.3 is 0 Å². The molecule has 0 amide bonds. The smallest absolute Gasteiger partial charge is 0.280 e. The topological polar surface area (TPSA) is 91.0 Å². The Morgan fingerprint density at radius 1 is 1.44 bits per heavy atom. The van der Waals surface area contributed by atoms with Crippen LogP contribution in [0, 0.1) is 6.92 Å². The van der Waals surface area contributed by atoms with Gasteiger partial charge in [-0.05, 0) is 26.2 Å². The first-order valence-electron chi connectivity index (χ1n) is 5.22. The minimum atomic E-state index is -0.403. The van der Waals surface area contributed by atoms with Crippen molar-refractivity contribution in [2.24, 2.45) is 5.73 Å². The molecule has 1 fully saturated rings. The van der Waals surface area contributed by atoms with Crippen LogP contribution in [0.15, 0.2) is 15.3 Å². The van der Waals surface area contributed by atoms with Crippen molar-refractivity contribution >= 4 is 0 Å². The van der Waals surface area contributed by atoms with Gasteiger partial charge < -0.3 is 14.7 Å². The maximum atomic E-state index is 6.10. The van der Waals surface area contributed by atoms with Gasteiger partial charge in [0.25, 0.3) is 5.89 Å². The van der Waals surface area contributed by atoms with Gasteiger partial charge in [-0.1, -0.05) is 5.16 Å². The standard InChI is InChI=1S/C10H12N4O2/c1-6-7(12-5-15-6)8-13-9(14-16-8)10(11)3-2-4-10/h5H,2-4,11H2,1H3. The lowest BCUT2D eigenvalue weighted by atomic mass is 9.77. The summed E-state index contributed by atoms with van der Waals surface area (Å²) >= 11 is 0. The van der Waals surface area contributed by atoms with E-state index in [0.717, 1.165) is 19.3 Å². The molecular formula is C10H12N4O2. The molecule has 2 N–H and O–H groups in total. The normalized spacial score (nSPS) is 18.4. The summed E-state index contributed by atoms with van der Waals surface area (Å²) in [5, 5.41) is 3.91. The third kappa shape index (κ3) is 1.26. The molecular weight excluding hydrogens is 208 g/mol. The number of nitrogens with zero attached hydrogens (tertiary/aromatic N) is 3. The SMILES string of the molecule is Cc1ocnc1-c1nc(C2(N)CCC2)no1. The number of aryl methyl sites for hydroxylation is 1. The maximum absolute atomic E-state index is 6.10. The highest BCUT2D eigenvalue weighted by Crippen LogP contribution is 2.37. The zero-order chi connectivity index (χ0) is 11.2. The molecule has 3 rings (SSSR count). The van der Waals surface area contributed by atoms with Crippen LogP contribution in [0.2, 0.25) is 0 Å². The molecule has 84 valence electrons. The molecule has 2 aromatic rings. The Labute approximate surface area is 91.8 Å². The summed E-state index contributed by atoms with van der Waals surface area (Å²) in [5.41, 5.74) is 6.28. The predicted molar refractivity (Wildman–Crippen MR) is 54.2 cm³/mol. The third-order valence-corrected chi connectivity index (χ3v) is 3.06. The second kappa shape index (κ2) is 3.15. The maximum Gasteiger partial charge on any atom is 0.280 e. The van der Waals surface area contributed by atoms with Crippen molar-refractivity contribution in [2.75, 3.05) is 0 Å². The highest BCUT2D eigenvalue weighted by Gasteiger charge is 2.39. The van der Waals surface area contributed by atoms with E-state index >= 15 is 0 Å². The Morgan fingerprint density at radius 2 is 2.25 bits per heavy atom. The van der Waals surface area contributed by atoms with Gasteiger partial charge in [0.2, 0.25) is 0 Å². The molecule has 0 spiro atoms. The molecule has 0 bridgehead atoms. The Kier molecular flexibility index (Phi) is 1.88. The second-order valence-corrected chi connectivity index (χ2v) is 4.19. The summed E-state index contributed by atoms with van der Waals surface area (Å²) in [6, 6.07) is 0. The van der Waals surface area contributed by atoms with E-state index in [1.165, 1.54) is 6.39 Å². The van der Waals surface area contributed by atoms with Crippen molar-refractivity contribution in [1.29, 1.82) is 0 Å². The number of hydrogen-bond donors (Lipinski definition) is 1. The van der Waals surface area contributed by atoms with Crippen molar-refractivity contribution in [3.63, 3.8) is 0 Å². The molecule has 0 aromatic carbocycles. The molecule has 1 aliphatic carbocycles. The fourth-order valence-corrected chi connectivity index (χ4v) is 1.81. The molecule has 0 radical (unpaired) electrons. The van der Waals surface area contributed by atoms with Gasteiger partial charge in [-0.15, -0.1) is 0 Å². The van der Waals surface area contributed by atoms with Gasteiger partial charge in [-0.2, -0.15) is 4.98 Å². The number of nitrogens with two attached hydrogens (primary N) is 1. The number of hydrogen-bond acceptors (Lipinski definition) is 6. The van der Waals surface area contributed by atoms with Gasteiger partial charge in [0.05, 0.1) is 5.54 Å². The Morgan fingerprint density at radius 3 is 2.81 bits per heavy atom. The first-order chi connectivity index (χ1) is 7.69. The van der Waals surface area contributed by atoms with E-state index in [4.69, 9.17) is 14.7 Å². The van der Waals surface area contributed by atoms with Gasteiger partial charge in [-0.3, -0.25) is 0 Å². The van der Waals surface area contributed by atoms with Crippen LogP contribution >= 0.6 is 0 Å². The Bertz CT molecular complexity index is 512. The van der Waals surface area contributed by atoms with E-state index in [1.54, 1.807) is 6.92 Å². The zero-order valence-electron chi connectivity index (χ0n) is 8.93. The summed E-state index contributed by atoms with van der Waals surface area (Å²) in [6.07, 6.45) is 4.28. The van der Waals surface area contributed by atoms with Gasteiger partial charge in [0.1, 0.15) is 5.76 Å². The van der Waals surface area contributed by atoms with Crippen LogP contribution in [0.3, 0.4) is 0 Å². The van der Waals surface area contributed by atoms with Crippen LogP contribution in [0.25, 0.3) is 11.6 Å². The van der Waals surface area contributed by atoms with Gasteiger partial charge in [-0.25, -0.2) is 4.98 Å². The van der Waals surface area contributed by atoms with E-state index < -0.39 is 5.54 Å². The molecule has 1 saturated carbocycles. The van der Waals surface area contributed by atoms with Crippen molar-refractivity contribution in [3.8, 4) is 11.6 Å². The largest absolute Gasteiger partial charge is 0.448 e.